The number of nitrogens with zero attached hydrogens (tertiary/aromatic N) is 3. The molecule has 5 atom stereocenters. The molecule has 6 aromatic rings. The van der Waals surface area contributed by atoms with Crippen LogP contribution in [0.3, 0.4) is 0 Å². The summed E-state index contributed by atoms with van der Waals surface area (Å²) in [6.07, 6.45) is 13.3. The van der Waals surface area contributed by atoms with Crippen molar-refractivity contribution in [3.8, 4) is 0 Å². The summed E-state index contributed by atoms with van der Waals surface area (Å²) >= 11 is 0. The lowest BCUT2D eigenvalue weighted by atomic mass is 9.28. The SMILES string of the molecule is Cc1cc(C)c2c3c1B1c4c(cc(N5c6ccc(C(C)(C)C)cc6C6(C)CCCCC56C)cc4N3C3(C)CCCCC23C)N(c2c(C)cc(C(C)(C)C)cc2C)C2=Cc3c(oc4ccccc34)CC12. The molecule has 1 aromatic heterocycles. The number of hydrogen-bond acceptors (Lipinski definition) is 4. The molecule has 69 heavy (non-hydrogen) atoms. The lowest BCUT2D eigenvalue weighted by Crippen LogP contribution is -2.63. The molecule has 5 heteroatoms. The topological polar surface area (TPSA) is 22.9 Å². The Labute approximate surface area is 413 Å². The molecule has 4 aliphatic heterocycles. The summed E-state index contributed by atoms with van der Waals surface area (Å²) in [4.78, 5) is 8.68. The van der Waals surface area contributed by atoms with Gasteiger partial charge in [-0.25, -0.2) is 0 Å². The van der Waals surface area contributed by atoms with Gasteiger partial charge in [0.05, 0.1) is 16.8 Å². The monoisotopic (exact) mass is 912 g/mol. The number of aryl methyl sites for hydroxylation is 4. The first-order chi connectivity index (χ1) is 32.6. The summed E-state index contributed by atoms with van der Waals surface area (Å²) in [5, 5.41) is 1.22. The van der Waals surface area contributed by atoms with Crippen molar-refractivity contribution in [1.82, 2.24) is 0 Å². The second-order valence-corrected chi connectivity index (χ2v) is 26.2. The Kier molecular flexibility index (Phi) is 8.78. The van der Waals surface area contributed by atoms with Crippen LogP contribution < -0.4 is 25.6 Å². The van der Waals surface area contributed by atoms with Crippen LogP contribution in [0.4, 0.5) is 34.1 Å². The summed E-state index contributed by atoms with van der Waals surface area (Å²) < 4.78 is 6.95. The number of hydrogen-bond donors (Lipinski definition) is 0. The van der Waals surface area contributed by atoms with Crippen LogP contribution >= 0.6 is 0 Å². The first-order valence-corrected chi connectivity index (χ1v) is 26.8. The van der Waals surface area contributed by atoms with E-state index in [2.05, 4.69) is 191 Å². The average molecular weight is 912 g/mol. The highest BCUT2D eigenvalue weighted by Crippen LogP contribution is 2.66. The maximum atomic E-state index is 6.95. The minimum absolute atomic E-state index is 0.0124. The van der Waals surface area contributed by atoms with Crippen LogP contribution in [0, 0.1) is 27.7 Å². The van der Waals surface area contributed by atoms with E-state index in [0.29, 0.717) is 0 Å². The van der Waals surface area contributed by atoms with E-state index >= 15 is 0 Å². The molecule has 4 nitrogen and oxygen atoms in total. The lowest BCUT2D eigenvalue weighted by Gasteiger charge is -2.55. The Morgan fingerprint density at radius 1 is 0.594 bits per heavy atom. The van der Waals surface area contributed by atoms with Crippen LogP contribution in [-0.4, -0.2) is 17.8 Å². The molecule has 0 spiro atoms. The van der Waals surface area contributed by atoms with Crippen molar-refractivity contribution < 1.29 is 4.42 Å². The van der Waals surface area contributed by atoms with Gasteiger partial charge in [-0.1, -0.05) is 135 Å². The molecule has 3 aliphatic carbocycles. The summed E-state index contributed by atoms with van der Waals surface area (Å²) in [5.41, 5.74) is 26.7. The molecule has 2 saturated carbocycles. The van der Waals surface area contributed by atoms with Gasteiger partial charge in [0.25, 0.3) is 0 Å². The quantitative estimate of drug-likeness (QED) is 0.161. The van der Waals surface area contributed by atoms with Crippen molar-refractivity contribution in [2.24, 2.45) is 0 Å². The molecule has 0 N–H and O–H groups in total. The minimum atomic E-state index is -0.0967. The summed E-state index contributed by atoms with van der Waals surface area (Å²) in [6, 6.07) is 29.4. The van der Waals surface area contributed by atoms with E-state index in [4.69, 9.17) is 4.42 Å². The van der Waals surface area contributed by atoms with Gasteiger partial charge >= 0.3 is 0 Å². The highest BCUT2D eigenvalue weighted by atomic mass is 16.3. The molecule has 2 fully saturated rings. The van der Waals surface area contributed by atoms with Gasteiger partial charge < -0.3 is 19.1 Å². The average Bonchev–Trinajstić information content (AvgIpc) is 3.83. The van der Waals surface area contributed by atoms with Gasteiger partial charge in [-0.3, -0.25) is 0 Å². The molecular formula is C64H74BN3O. The molecule has 354 valence electrons. The van der Waals surface area contributed by atoms with Gasteiger partial charge in [-0.05, 0) is 164 Å². The first kappa shape index (κ1) is 43.8. The Morgan fingerprint density at radius 2 is 1.23 bits per heavy atom. The van der Waals surface area contributed by atoms with Crippen LogP contribution in [0.2, 0.25) is 5.82 Å². The standard InChI is InChI=1S/C64H74BN3O/c1-37-29-38(2)55-58-54(37)62(12)26-18-20-28-64(62,14)68(58)51-34-43(67-48-24-23-41(59(5,6)7)32-46(48)61(11)25-17-19-27-63(61,67)13)33-50-56(51)65(55)47-36-53-45(44-21-15-16-22-52(44)69-53)35-49(47)66(50)57-39(3)30-42(31-40(57)4)60(8,9)10/h15-16,21-24,29-35,47H,17-20,25-28,36H2,1-14H3. The highest BCUT2D eigenvalue weighted by Gasteiger charge is 2.64. The van der Waals surface area contributed by atoms with E-state index in [1.807, 2.05) is 0 Å². The number of furan rings is 1. The van der Waals surface area contributed by atoms with Crippen molar-refractivity contribution in [2.45, 2.75) is 193 Å². The fraction of sp³-hybridized carbons (Fsp3) is 0.469. The van der Waals surface area contributed by atoms with E-state index in [1.54, 1.807) is 16.6 Å². The molecule has 13 rings (SSSR count). The molecule has 0 saturated heterocycles. The van der Waals surface area contributed by atoms with E-state index < -0.39 is 0 Å². The minimum Gasteiger partial charge on any atom is -0.460 e. The third kappa shape index (κ3) is 5.44. The molecule has 7 aliphatic rings. The third-order valence-corrected chi connectivity index (χ3v) is 20.3. The van der Waals surface area contributed by atoms with Crippen LogP contribution in [0.15, 0.2) is 82.9 Å². The summed E-state index contributed by atoms with van der Waals surface area (Å²) in [7, 11) is 0. The van der Waals surface area contributed by atoms with Crippen molar-refractivity contribution in [2.75, 3.05) is 14.7 Å². The zero-order valence-corrected chi connectivity index (χ0v) is 44.3. The molecule has 0 bridgehead atoms. The first-order valence-electron chi connectivity index (χ1n) is 26.8. The predicted octanol–water partition coefficient (Wildman–Crippen LogP) is 15.8. The maximum absolute atomic E-state index is 6.95. The number of fused-ring (bicyclic) bond motifs is 13. The van der Waals surface area contributed by atoms with Crippen molar-refractivity contribution in [1.29, 1.82) is 0 Å². The normalized spacial score (nSPS) is 27.4. The number of para-hydroxylation sites is 1. The predicted molar refractivity (Wildman–Crippen MR) is 294 cm³/mol. The molecular weight excluding hydrogens is 838 g/mol. The van der Waals surface area contributed by atoms with Gasteiger partial charge in [-0.15, -0.1) is 0 Å². The molecule has 5 heterocycles. The van der Waals surface area contributed by atoms with Gasteiger partial charge in [-0.2, -0.15) is 0 Å². The summed E-state index contributed by atoms with van der Waals surface area (Å²) in [5.74, 6) is 1.31. The highest BCUT2D eigenvalue weighted by molar-refractivity contribution is 6.92. The Bertz CT molecular complexity index is 3260. The van der Waals surface area contributed by atoms with E-state index in [0.717, 1.165) is 17.8 Å². The van der Waals surface area contributed by atoms with E-state index in [1.165, 1.54) is 141 Å². The van der Waals surface area contributed by atoms with Crippen molar-refractivity contribution >= 4 is 68.8 Å². The molecule has 5 aromatic carbocycles. The van der Waals surface area contributed by atoms with E-state index in [9.17, 15) is 0 Å². The molecule has 5 unspecified atom stereocenters. The second kappa shape index (κ2) is 13.8. The largest absolute Gasteiger partial charge is 0.460 e. The van der Waals surface area contributed by atoms with Crippen LogP contribution in [0.1, 0.15) is 176 Å². The van der Waals surface area contributed by atoms with Crippen molar-refractivity contribution in [3.63, 3.8) is 0 Å². The Balaban J connectivity index is 1.18. The maximum Gasteiger partial charge on any atom is 0.227 e. The summed E-state index contributed by atoms with van der Waals surface area (Å²) in [6.45, 7) is 34.6. The van der Waals surface area contributed by atoms with Gasteiger partial charge in [0, 0.05) is 62.3 Å². The van der Waals surface area contributed by atoms with Crippen molar-refractivity contribution in [3.05, 3.63) is 134 Å². The van der Waals surface area contributed by atoms with Gasteiger partial charge in [0.15, 0.2) is 0 Å². The fourth-order valence-electron chi connectivity index (χ4n) is 16.4. The Morgan fingerprint density at radius 3 is 1.93 bits per heavy atom. The smallest absolute Gasteiger partial charge is 0.227 e. The molecule has 0 amide bonds. The van der Waals surface area contributed by atoms with Gasteiger partial charge in [0.2, 0.25) is 6.71 Å². The number of anilines is 6. The zero-order valence-electron chi connectivity index (χ0n) is 44.3. The van der Waals surface area contributed by atoms with Crippen LogP contribution in [0.25, 0.3) is 17.0 Å². The zero-order chi connectivity index (χ0) is 48.3. The number of allylic oxidation sites excluding steroid dienone is 1. The lowest BCUT2D eigenvalue weighted by molar-refractivity contribution is 0.193. The second-order valence-electron chi connectivity index (χ2n) is 26.2. The van der Waals surface area contributed by atoms with Crippen LogP contribution in [0.5, 0.6) is 0 Å². The third-order valence-electron chi connectivity index (χ3n) is 20.3. The van der Waals surface area contributed by atoms with Gasteiger partial charge in [0.1, 0.15) is 11.3 Å². The number of rotatable bonds is 2. The van der Waals surface area contributed by atoms with Crippen LogP contribution in [-0.2, 0) is 28.1 Å². The Hall–Kier alpha value is -5.16. The molecule has 0 radical (unpaired) electrons. The van der Waals surface area contributed by atoms with E-state index in [-0.39, 0.29) is 45.3 Å². The fourth-order valence-corrected chi connectivity index (χ4v) is 16.4. The number of benzene rings is 5.